The summed E-state index contributed by atoms with van der Waals surface area (Å²) < 4.78 is 0. The first-order valence-corrected chi connectivity index (χ1v) is 9.12. The molecule has 0 heteroatoms. The Kier molecular flexibility index (Phi) is 5.53. The molecule has 26 heavy (non-hydrogen) atoms. The van der Waals surface area contributed by atoms with Crippen LogP contribution in [0.1, 0.15) is 30.0 Å². The van der Waals surface area contributed by atoms with Crippen molar-refractivity contribution in [3.05, 3.63) is 113 Å². The van der Waals surface area contributed by atoms with Crippen LogP contribution in [0.5, 0.6) is 0 Å². The maximum absolute atomic E-state index is 4.07. The fraction of sp³-hybridized carbons (Fsp3) is 0.154. The van der Waals surface area contributed by atoms with Gasteiger partial charge in [-0.15, -0.1) is 0 Å². The molecule has 0 heterocycles. The Balaban J connectivity index is 2.08. The van der Waals surface area contributed by atoms with Gasteiger partial charge in [-0.05, 0) is 72.2 Å². The molecule has 0 saturated carbocycles. The van der Waals surface area contributed by atoms with Crippen LogP contribution in [0.3, 0.4) is 0 Å². The summed E-state index contributed by atoms with van der Waals surface area (Å²) in [4.78, 5) is 0. The molecule has 0 nitrogen and oxygen atoms in total. The smallest absolute Gasteiger partial charge is 0.00857 e. The molecule has 0 spiro atoms. The zero-order valence-corrected chi connectivity index (χ0v) is 15.9. The molecule has 0 saturated heterocycles. The van der Waals surface area contributed by atoms with Crippen LogP contribution in [0.25, 0.3) is 16.7 Å². The van der Waals surface area contributed by atoms with Gasteiger partial charge < -0.3 is 0 Å². The monoisotopic (exact) mass is 338 g/mol. The molecule has 1 aliphatic rings. The standard InChI is InChI=1S/C26H26/c1-19-8-6-5-7-9-25(21(3)13-10-19)26-18-24(17-14-22(26)4)23-15-11-20(2)12-16-23/h5-8,10-18H,1,9H2,2-4H3/b7-5-,8-6-,13-10-,25-21+. The normalized spacial score (nSPS) is 21.3. The highest BCUT2D eigenvalue weighted by Gasteiger charge is 2.09. The minimum absolute atomic E-state index is 0.922. The van der Waals surface area contributed by atoms with Gasteiger partial charge in [0.25, 0.3) is 0 Å². The summed E-state index contributed by atoms with van der Waals surface area (Å²) in [6, 6.07) is 15.5. The highest BCUT2D eigenvalue weighted by atomic mass is 14.1. The second kappa shape index (κ2) is 8.01. The van der Waals surface area contributed by atoms with Crippen molar-refractivity contribution < 1.29 is 0 Å². The fourth-order valence-corrected chi connectivity index (χ4v) is 3.19. The van der Waals surface area contributed by atoms with Gasteiger partial charge >= 0.3 is 0 Å². The Morgan fingerprint density at radius 3 is 2.27 bits per heavy atom. The van der Waals surface area contributed by atoms with Gasteiger partial charge in [0, 0.05) is 0 Å². The summed E-state index contributed by atoms with van der Waals surface area (Å²) in [5.41, 5.74) is 10.1. The lowest BCUT2D eigenvalue weighted by atomic mass is 9.90. The van der Waals surface area contributed by atoms with Gasteiger partial charge in [-0.25, -0.2) is 0 Å². The first kappa shape index (κ1) is 17.9. The fourth-order valence-electron chi connectivity index (χ4n) is 3.19. The van der Waals surface area contributed by atoms with Crippen LogP contribution < -0.4 is 0 Å². The van der Waals surface area contributed by atoms with Crippen molar-refractivity contribution in [1.82, 2.24) is 0 Å². The van der Waals surface area contributed by atoms with Crippen LogP contribution >= 0.6 is 0 Å². The highest BCUT2D eigenvalue weighted by Crippen LogP contribution is 2.31. The summed E-state index contributed by atoms with van der Waals surface area (Å²) in [5, 5.41) is 0. The van der Waals surface area contributed by atoms with Crippen LogP contribution in [0, 0.1) is 13.8 Å². The van der Waals surface area contributed by atoms with E-state index in [-0.39, 0.29) is 0 Å². The first-order chi connectivity index (χ1) is 12.5. The molecule has 130 valence electrons. The second-order valence-corrected chi connectivity index (χ2v) is 6.96. The molecule has 1 aliphatic carbocycles. The predicted octanol–water partition coefficient (Wildman–Crippen LogP) is 7.37. The Bertz CT molecular complexity index is 929. The summed E-state index contributed by atoms with van der Waals surface area (Å²) in [5.74, 6) is 0. The van der Waals surface area contributed by atoms with Gasteiger partial charge in [-0.1, -0.05) is 85.0 Å². The van der Waals surface area contributed by atoms with E-state index in [1.54, 1.807) is 0 Å². The zero-order valence-electron chi connectivity index (χ0n) is 15.9. The van der Waals surface area contributed by atoms with Crippen molar-refractivity contribution in [3.8, 4) is 11.1 Å². The summed E-state index contributed by atoms with van der Waals surface area (Å²) in [6.07, 6.45) is 13.6. The van der Waals surface area contributed by atoms with Crippen LogP contribution in [-0.2, 0) is 0 Å². The molecule has 0 bridgehead atoms. The average Bonchev–Trinajstić information content (AvgIpc) is 2.64. The van der Waals surface area contributed by atoms with Crippen molar-refractivity contribution in [1.29, 1.82) is 0 Å². The van der Waals surface area contributed by atoms with E-state index in [2.05, 4.69) is 100 Å². The molecule has 3 rings (SSSR count). The summed E-state index contributed by atoms with van der Waals surface area (Å²) >= 11 is 0. The molecule has 0 aliphatic heterocycles. The molecule has 0 atom stereocenters. The van der Waals surface area contributed by atoms with Gasteiger partial charge in [0.05, 0.1) is 0 Å². The van der Waals surface area contributed by atoms with Gasteiger partial charge in [-0.3, -0.25) is 0 Å². The summed E-state index contributed by atoms with van der Waals surface area (Å²) in [6.45, 7) is 10.6. The van der Waals surface area contributed by atoms with E-state index >= 15 is 0 Å². The van der Waals surface area contributed by atoms with Crippen molar-refractivity contribution in [2.75, 3.05) is 0 Å². The van der Waals surface area contributed by atoms with Crippen molar-refractivity contribution in [2.45, 2.75) is 27.2 Å². The SMILES string of the molecule is C=C1/C=C\C=C/C/C(c2cc(-c3ccc(C)cc3)ccc2C)=C(C)\C=C/1. The molecule has 0 N–H and O–H groups in total. The van der Waals surface area contributed by atoms with Crippen molar-refractivity contribution in [3.63, 3.8) is 0 Å². The lowest BCUT2D eigenvalue weighted by Crippen LogP contribution is -1.93. The van der Waals surface area contributed by atoms with Crippen LogP contribution in [-0.4, -0.2) is 0 Å². The lowest BCUT2D eigenvalue weighted by molar-refractivity contribution is 1.30. The quantitative estimate of drug-likeness (QED) is 0.536. The van der Waals surface area contributed by atoms with E-state index in [9.17, 15) is 0 Å². The third-order valence-corrected chi connectivity index (χ3v) is 4.85. The number of benzene rings is 2. The molecule has 0 unspecified atom stereocenters. The third-order valence-electron chi connectivity index (χ3n) is 4.85. The molecule has 2 aromatic rings. The topological polar surface area (TPSA) is 0 Å². The number of hydrogen-bond acceptors (Lipinski definition) is 0. The largest absolute Gasteiger partial charge is 0.0918 e. The highest BCUT2D eigenvalue weighted by molar-refractivity contribution is 5.78. The van der Waals surface area contributed by atoms with E-state index in [4.69, 9.17) is 0 Å². The number of rotatable bonds is 2. The minimum atomic E-state index is 0.922. The van der Waals surface area contributed by atoms with Crippen LogP contribution in [0.4, 0.5) is 0 Å². The average molecular weight is 338 g/mol. The third kappa shape index (κ3) is 4.21. The van der Waals surface area contributed by atoms with Gasteiger partial charge in [0.1, 0.15) is 0 Å². The molecule has 0 fully saturated rings. The molecule has 0 aromatic heterocycles. The summed E-state index contributed by atoms with van der Waals surface area (Å²) in [7, 11) is 0. The molecule has 0 amide bonds. The Hall–Kier alpha value is -2.86. The lowest BCUT2D eigenvalue weighted by Gasteiger charge is -2.15. The van der Waals surface area contributed by atoms with E-state index < -0.39 is 0 Å². The zero-order chi connectivity index (χ0) is 18.5. The van der Waals surface area contributed by atoms with Gasteiger partial charge in [-0.2, -0.15) is 0 Å². The Morgan fingerprint density at radius 1 is 0.769 bits per heavy atom. The predicted molar refractivity (Wildman–Crippen MR) is 115 cm³/mol. The number of allylic oxidation sites excluding steroid dienone is 9. The molecular formula is C26H26. The van der Waals surface area contributed by atoms with E-state index in [0.29, 0.717) is 0 Å². The second-order valence-electron chi connectivity index (χ2n) is 6.96. The van der Waals surface area contributed by atoms with Crippen molar-refractivity contribution in [2.24, 2.45) is 0 Å². The number of aryl methyl sites for hydroxylation is 2. The molecule has 0 radical (unpaired) electrons. The first-order valence-electron chi connectivity index (χ1n) is 9.12. The van der Waals surface area contributed by atoms with Gasteiger partial charge in [0.2, 0.25) is 0 Å². The van der Waals surface area contributed by atoms with Crippen LogP contribution in [0.2, 0.25) is 0 Å². The minimum Gasteiger partial charge on any atom is -0.0918 e. The molecule has 2 aromatic carbocycles. The molecular weight excluding hydrogens is 312 g/mol. The number of hydrogen-bond donors (Lipinski definition) is 0. The van der Waals surface area contributed by atoms with E-state index in [1.165, 1.54) is 39.0 Å². The van der Waals surface area contributed by atoms with Gasteiger partial charge in [0.15, 0.2) is 0 Å². The van der Waals surface area contributed by atoms with Crippen molar-refractivity contribution >= 4 is 5.57 Å². The van der Waals surface area contributed by atoms with E-state index in [1.807, 2.05) is 6.08 Å². The maximum atomic E-state index is 4.07. The van der Waals surface area contributed by atoms with E-state index in [0.717, 1.165) is 12.0 Å². The maximum Gasteiger partial charge on any atom is -0.00857 e. The Labute approximate surface area is 157 Å². The van der Waals surface area contributed by atoms with Crippen LogP contribution in [0.15, 0.2) is 96.6 Å². The Morgan fingerprint density at radius 2 is 1.50 bits per heavy atom.